The van der Waals surface area contributed by atoms with E-state index in [-0.39, 0.29) is 230 Å². The number of aliphatic carboxylic acids is 4. The summed E-state index contributed by atoms with van der Waals surface area (Å²) in [4.78, 5) is 216. The SMILES string of the molecule is CNC(CSCC(=O)NCCCS(=O)[C@H](O)[C@@H](O)[C@@H](O)[C@H](O)C(=O)NCCCC(=O)CSCC(CC(=O)CCOCCCOCCC(C)=O)C(=O)O)C(=O)O.NC(CSCC(=O)CCCNC(=O)[C@@H](O)[C@H](O)[C@H](O)[C@@H](O)S(=O)CCCNC(=O)CSCC(N)C(=O)O)C(=O)O.O=C(CCOCCCOCCC(=O)ON1C(=O)CCC1=O)ON1C(=O)CCC1=O. The second kappa shape index (κ2) is 68.9. The number of hydrogen-bond acceptors (Lipinski definition) is 41. The van der Waals surface area contributed by atoms with Gasteiger partial charge in [-0.1, -0.05) is 0 Å². The predicted molar refractivity (Wildman–Crippen MR) is 442 cm³/mol. The molecule has 21 N–H and O–H groups in total. The van der Waals surface area contributed by atoms with Gasteiger partial charge in [0, 0.05) is 145 Å². The first-order valence-electron chi connectivity index (χ1n) is 38.7. The number of imide groups is 2. The minimum atomic E-state index is -2.21. The van der Waals surface area contributed by atoms with Crippen LogP contribution in [0, 0.1) is 5.92 Å². The summed E-state index contributed by atoms with van der Waals surface area (Å²) in [7, 11) is -2.77. The number of Topliss-reactive ketones (excluding diaryl/α,β-unsaturated/α-hetero) is 4. The Kier molecular flexibility index (Phi) is 64.9. The number of carbonyl (C=O) groups is 18. The highest BCUT2D eigenvalue weighted by Gasteiger charge is 2.39. The first-order valence-corrected chi connectivity index (χ1v) is 46.1. The molecule has 0 aromatic carbocycles. The van der Waals surface area contributed by atoms with Gasteiger partial charge in [-0.2, -0.15) is 23.5 Å². The number of rotatable bonds is 71. The van der Waals surface area contributed by atoms with Crippen LogP contribution in [0.15, 0.2) is 0 Å². The van der Waals surface area contributed by atoms with Crippen molar-refractivity contribution in [3.05, 3.63) is 0 Å². The molecule has 0 bridgehead atoms. The van der Waals surface area contributed by atoms with Crippen molar-refractivity contribution in [2.24, 2.45) is 17.4 Å². The van der Waals surface area contributed by atoms with Crippen LogP contribution < -0.4 is 38.1 Å². The van der Waals surface area contributed by atoms with E-state index in [2.05, 4.69) is 36.3 Å². The minimum Gasteiger partial charge on any atom is -0.481 e. The molecule has 2 fully saturated rings. The van der Waals surface area contributed by atoms with Gasteiger partial charge in [-0.05, 0) is 52.5 Å². The molecule has 0 aromatic heterocycles. The van der Waals surface area contributed by atoms with Gasteiger partial charge in [-0.3, -0.25) is 85.1 Å². The number of hydroxylamine groups is 4. The molecule has 124 heavy (non-hydrogen) atoms. The molecule has 2 aliphatic heterocycles. The van der Waals surface area contributed by atoms with E-state index in [1.807, 2.05) is 0 Å². The molecule has 2 rings (SSSR count). The van der Waals surface area contributed by atoms with Crippen LogP contribution in [-0.4, -0.2) is 395 Å². The van der Waals surface area contributed by atoms with E-state index in [9.17, 15) is 141 Å². The smallest absolute Gasteiger partial charge is 0.335 e. The van der Waals surface area contributed by atoms with Gasteiger partial charge in [0.2, 0.25) is 11.8 Å². The summed E-state index contributed by atoms with van der Waals surface area (Å²) in [5.41, 5.74) is 6.60. The Balaban J connectivity index is 0.00000192. The average Bonchev–Trinajstić information content (AvgIpc) is 1.81. The molecule has 2 saturated heterocycles. The molecular weight excluding hydrogens is 1780 g/mol. The first kappa shape index (κ1) is 117. The van der Waals surface area contributed by atoms with Gasteiger partial charge >= 0.3 is 35.8 Å². The molecule has 8 amide bonds. The van der Waals surface area contributed by atoms with Crippen LogP contribution in [0.1, 0.15) is 116 Å². The number of nitrogens with one attached hydrogen (secondary N) is 5. The lowest BCUT2D eigenvalue weighted by atomic mass is 10.0. The lowest BCUT2D eigenvalue weighted by Crippen LogP contribution is -2.52. The summed E-state index contributed by atoms with van der Waals surface area (Å²) in [6.45, 7) is 3.34. The summed E-state index contributed by atoms with van der Waals surface area (Å²) in [5.74, 6) is -13.1. The minimum absolute atomic E-state index is 0.0111. The van der Waals surface area contributed by atoms with Crippen molar-refractivity contribution in [3.8, 4) is 0 Å². The molecule has 6 unspecified atom stereocenters. The maximum Gasteiger partial charge on any atom is 0.335 e. The van der Waals surface area contributed by atoms with Gasteiger partial charge in [-0.15, -0.1) is 33.7 Å². The number of aliphatic hydroxyl groups is 8. The van der Waals surface area contributed by atoms with E-state index >= 15 is 0 Å². The third kappa shape index (κ3) is 54.7. The number of likely N-dealkylation sites (N-methyl/N-ethyl adjacent to an activating group) is 1. The summed E-state index contributed by atoms with van der Waals surface area (Å²) < 4.78 is 45.7. The summed E-state index contributed by atoms with van der Waals surface area (Å²) in [6, 6.07) is -3.00. The van der Waals surface area contributed by atoms with E-state index < -0.39 is 176 Å². The molecular formula is C71H117N9O38S6. The van der Waals surface area contributed by atoms with Gasteiger partial charge in [0.1, 0.15) is 65.7 Å². The maximum absolute atomic E-state index is 12.4. The molecule has 0 aliphatic carbocycles. The number of carboxylic acids is 4. The zero-order chi connectivity index (χ0) is 93.8. The van der Waals surface area contributed by atoms with Crippen molar-refractivity contribution in [1.29, 1.82) is 0 Å². The van der Waals surface area contributed by atoms with Crippen molar-refractivity contribution in [2.75, 3.05) is 144 Å². The second-order valence-electron chi connectivity index (χ2n) is 26.9. The summed E-state index contributed by atoms with van der Waals surface area (Å²) in [5, 5.41) is 130. The largest absolute Gasteiger partial charge is 0.481 e. The Morgan fingerprint density at radius 2 is 0.758 bits per heavy atom. The van der Waals surface area contributed by atoms with Crippen LogP contribution in [0.4, 0.5) is 0 Å². The van der Waals surface area contributed by atoms with Crippen LogP contribution in [0.2, 0.25) is 0 Å². The zero-order valence-electron chi connectivity index (χ0n) is 68.5. The van der Waals surface area contributed by atoms with Gasteiger partial charge < -0.3 is 128 Å². The van der Waals surface area contributed by atoms with E-state index in [1.165, 1.54) is 14.0 Å². The fourth-order valence-electron chi connectivity index (χ4n) is 9.34. The van der Waals surface area contributed by atoms with Gasteiger partial charge in [0.25, 0.3) is 35.4 Å². The Bertz CT molecular complexity index is 3300. The predicted octanol–water partition coefficient (Wildman–Crippen LogP) is -7.50. The Morgan fingerprint density at radius 1 is 0.411 bits per heavy atom. The fraction of sp³-hybridized carbons (Fsp3) is 0.746. The van der Waals surface area contributed by atoms with Crippen molar-refractivity contribution in [3.63, 3.8) is 0 Å². The molecule has 0 spiro atoms. The van der Waals surface area contributed by atoms with Crippen LogP contribution in [0.3, 0.4) is 0 Å². The number of aliphatic hydroxyl groups excluding tert-OH is 8. The molecule has 710 valence electrons. The van der Waals surface area contributed by atoms with Crippen LogP contribution >= 0.6 is 47.0 Å². The first-order chi connectivity index (χ1) is 58.6. The van der Waals surface area contributed by atoms with Crippen molar-refractivity contribution in [1.82, 2.24) is 36.7 Å². The fourth-order valence-corrected chi connectivity index (χ4v) is 15.3. The third-order valence-corrected chi connectivity index (χ3v) is 23.8. The number of ether oxygens (including phenoxy) is 4. The van der Waals surface area contributed by atoms with Crippen molar-refractivity contribution < 1.29 is 185 Å². The molecule has 0 aromatic rings. The number of hydrogen-bond donors (Lipinski definition) is 19. The number of thioether (sulfide) groups is 4. The summed E-state index contributed by atoms with van der Waals surface area (Å²) in [6.07, 6.45) is -11.3. The van der Waals surface area contributed by atoms with Crippen molar-refractivity contribution in [2.45, 2.75) is 182 Å². The molecule has 0 radical (unpaired) electrons. The average molecular weight is 1900 g/mol. The lowest BCUT2D eigenvalue weighted by molar-refractivity contribution is -0.198. The van der Waals surface area contributed by atoms with Gasteiger partial charge in [0.15, 0.2) is 23.1 Å². The zero-order valence-corrected chi connectivity index (χ0v) is 73.4. The number of ketones is 4. The number of amides is 8. The molecule has 2 aliphatic rings. The number of nitrogens with zero attached hydrogens (tertiary/aromatic N) is 2. The van der Waals surface area contributed by atoms with E-state index in [1.54, 1.807) is 0 Å². The molecule has 47 nitrogen and oxygen atoms in total. The number of carbonyl (C=O) groups excluding carboxylic acids is 14. The Hall–Kier alpha value is -7.24. The molecule has 2 heterocycles. The quantitative estimate of drug-likeness (QED) is 0.0199. The van der Waals surface area contributed by atoms with Crippen molar-refractivity contribution >= 4 is 175 Å². The normalized spacial score (nSPS) is 16.0. The summed E-state index contributed by atoms with van der Waals surface area (Å²) >= 11 is 4.23. The second-order valence-corrected chi connectivity index (χ2v) is 34.4. The van der Waals surface area contributed by atoms with Crippen LogP contribution in [0.5, 0.6) is 0 Å². The highest BCUT2D eigenvalue weighted by Crippen LogP contribution is 2.19. The molecule has 14 atom stereocenters. The van der Waals surface area contributed by atoms with E-state index in [0.717, 1.165) is 47.0 Å². The maximum atomic E-state index is 12.4. The van der Waals surface area contributed by atoms with Crippen LogP contribution in [0.25, 0.3) is 0 Å². The number of nitrogens with two attached hydrogens (primary N) is 2. The molecule has 53 heteroatoms. The van der Waals surface area contributed by atoms with E-state index in [0.29, 0.717) is 49.2 Å². The Morgan fingerprint density at radius 3 is 1.11 bits per heavy atom. The highest BCUT2D eigenvalue weighted by atomic mass is 32.2. The third-order valence-electron chi connectivity index (χ3n) is 16.4. The standard InChI is InChI=1S/C33H57N3O16S3.C21H38N4O12S3.C17H22N2O10/c1-21(37)7-13-51-11-5-12-52-14-8-23(38)16-22(31(45)46)17-53-18-24(39)6-3-9-36-30(44)28(42)27(41)29(43)33(49)55(50)15-4-10-35-26(40)20-54-19-25(34-2)32(47)48;22-12(19(32)33)8-38-7-11(26)3-1-4-25-18(31)16(29)15(28)17(30)21(36)40(37)6-2-5-24-14(27)10-39-9-13(23)20(34)35;20-12-2-3-13(21)18(12)28-16(24)6-10-26-8-1-9-27-11-7-17(25)29-19-14(22)4-5-15(19)23/h22,25,27-29,33-34,41-43,49H,3-20H2,1-2H3,(H,35,40)(H,36,44)(H,45,46)(H,47,48);12-13,15-17,21,28-30,36H,1-10,22-23H2,(H,24,27)(H,25,31)(H,32,33)(H,34,35);1-11H2/t22?,25?,27-,28-,29-,33-,55?;12?,13?,15-,16-,17-,21-,40?;/m00./s1. The topological polar surface area (TPSA) is 758 Å². The van der Waals surface area contributed by atoms with Crippen LogP contribution in [-0.2, 0) is 137 Å². The Labute approximate surface area is 735 Å². The highest BCUT2D eigenvalue weighted by molar-refractivity contribution is 8.00. The van der Waals surface area contributed by atoms with E-state index in [4.69, 9.17) is 45.7 Å². The lowest BCUT2D eigenvalue weighted by Gasteiger charge is -2.25. The van der Waals surface area contributed by atoms with Gasteiger partial charge in [0.05, 0.1) is 89.8 Å². The molecule has 0 saturated carbocycles. The van der Waals surface area contributed by atoms with Gasteiger partial charge in [-0.25, -0.2) is 9.59 Å². The monoisotopic (exact) mass is 1900 g/mol. The number of carboxylic acid groups (broad SMARTS) is 4.